The SMILES string of the molecule is CC(C)(C)C(=O)c1c[nH]c2ncc(Br)nc12.CN(C)C(=O)c1cnc2[nH]cc(C(=O)C(C)(C)C)c2n1. The zero-order valence-electron chi connectivity index (χ0n) is 21.6. The Morgan fingerprint density at radius 3 is 1.67 bits per heavy atom. The number of hydrogen-bond acceptors (Lipinski definition) is 7. The summed E-state index contributed by atoms with van der Waals surface area (Å²) >= 11 is 3.25. The average Bonchev–Trinajstić information content (AvgIpc) is 3.39. The third kappa shape index (κ3) is 5.67. The number of fused-ring (bicyclic) bond motifs is 2. The molecule has 0 aromatic carbocycles. The van der Waals surface area contributed by atoms with E-state index in [2.05, 4.69) is 45.8 Å². The van der Waals surface area contributed by atoms with Crippen LogP contribution in [0.1, 0.15) is 72.7 Å². The Balaban J connectivity index is 0.000000205. The van der Waals surface area contributed by atoms with Crippen molar-refractivity contribution in [1.29, 1.82) is 0 Å². The molecule has 4 aromatic heterocycles. The lowest BCUT2D eigenvalue weighted by Gasteiger charge is -2.15. The largest absolute Gasteiger partial charge is 0.344 e. The molecular formula is C25H30BrN7O3. The maximum Gasteiger partial charge on any atom is 0.273 e. The molecule has 0 aliphatic heterocycles. The van der Waals surface area contributed by atoms with Crippen molar-refractivity contribution in [3.8, 4) is 0 Å². The Labute approximate surface area is 217 Å². The van der Waals surface area contributed by atoms with E-state index in [4.69, 9.17) is 0 Å². The Kier molecular flexibility index (Phi) is 7.45. The van der Waals surface area contributed by atoms with Crippen LogP contribution >= 0.6 is 15.9 Å². The van der Waals surface area contributed by atoms with Crippen LogP contribution in [0, 0.1) is 10.8 Å². The van der Waals surface area contributed by atoms with Gasteiger partial charge in [0.2, 0.25) is 0 Å². The summed E-state index contributed by atoms with van der Waals surface area (Å²) in [5, 5.41) is 0. The molecule has 0 radical (unpaired) electrons. The normalized spacial score (nSPS) is 11.8. The molecule has 0 saturated carbocycles. The Bertz CT molecular complexity index is 1460. The highest BCUT2D eigenvalue weighted by Gasteiger charge is 2.27. The van der Waals surface area contributed by atoms with E-state index in [1.807, 2.05) is 41.5 Å². The number of nitrogens with one attached hydrogen (secondary N) is 2. The number of amides is 1. The summed E-state index contributed by atoms with van der Waals surface area (Å²) in [5.74, 6) is -0.214. The highest BCUT2D eigenvalue weighted by atomic mass is 79.9. The van der Waals surface area contributed by atoms with E-state index in [1.165, 1.54) is 11.1 Å². The molecule has 0 spiro atoms. The second kappa shape index (κ2) is 9.88. The van der Waals surface area contributed by atoms with E-state index in [0.29, 0.717) is 38.1 Å². The average molecular weight is 556 g/mol. The van der Waals surface area contributed by atoms with Crippen LogP contribution in [-0.2, 0) is 0 Å². The summed E-state index contributed by atoms with van der Waals surface area (Å²) in [7, 11) is 3.29. The van der Waals surface area contributed by atoms with Crippen molar-refractivity contribution >= 4 is 55.7 Å². The van der Waals surface area contributed by atoms with Crippen LogP contribution in [0.2, 0.25) is 0 Å². The minimum atomic E-state index is -0.516. The summed E-state index contributed by atoms with van der Waals surface area (Å²) in [5.41, 5.74) is 2.56. The van der Waals surface area contributed by atoms with E-state index in [-0.39, 0.29) is 23.2 Å². The quantitative estimate of drug-likeness (QED) is 0.345. The molecule has 0 aliphatic carbocycles. The molecule has 4 heterocycles. The number of aromatic nitrogens is 6. The Hall–Kier alpha value is -3.47. The van der Waals surface area contributed by atoms with Crippen molar-refractivity contribution < 1.29 is 14.4 Å². The van der Waals surface area contributed by atoms with Gasteiger partial charge in [0.05, 0.1) is 23.5 Å². The predicted molar refractivity (Wildman–Crippen MR) is 141 cm³/mol. The summed E-state index contributed by atoms with van der Waals surface area (Å²) in [4.78, 5) is 60.6. The molecule has 0 aliphatic rings. The van der Waals surface area contributed by atoms with Crippen molar-refractivity contribution in [3.05, 3.63) is 46.2 Å². The molecule has 0 bridgehead atoms. The van der Waals surface area contributed by atoms with Gasteiger partial charge in [-0.1, -0.05) is 41.5 Å². The third-order valence-corrected chi connectivity index (χ3v) is 5.59. The van der Waals surface area contributed by atoms with Crippen LogP contribution in [0.3, 0.4) is 0 Å². The van der Waals surface area contributed by atoms with Gasteiger partial charge in [-0.2, -0.15) is 0 Å². The van der Waals surface area contributed by atoms with E-state index in [0.717, 1.165) is 0 Å². The second-order valence-corrected chi connectivity index (χ2v) is 11.4. The van der Waals surface area contributed by atoms with E-state index >= 15 is 0 Å². The maximum absolute atomic E-state index is 12.4. The molecular weight excluding hydrogens is 526 g/mol. The fourth-order valence-corrected chi connectivity index (χ4v) is 3.53. The van der Waals surface area contributed by atoms with Crippen molar-refractivity contribution in [2.45, 2.75) is 41.5 Å². The molecule has 36 heavy (non-hydrogen) atoms. The van der Waals surface area contributed by atoms with Gasteiger partial charge >= 0.3 is 0 Å². The number of hydrogen-bond donors (Lipinski definition) is 2. The number of rotatable bonds is 3. The molecule has 4 aromatic rings. The minimum absolute atomic E-state index is 0.0347. The summed E-state index contributed by atoms with van der Waals surface area (Å²) < 4.78 is 0.627. The van der Waals surface area contributed by atoms with Crippen LogP contribution in [0.4, 0.5) is 0 Å². The zero-order valence-corrected chi connectivity index (χ0v) is 23.2. The fraction of sp³-hybridized carbons (Fsp3) is 0.400. The molecule has 2 N–H and O–H groups in total. The molecule has 11 heteroatoms. The van der Waals surface area contributed by atoms with Crippen molar-refractivity contribution in [3.63, 3.8) is 0 Å². The first-order valence-corrected chi connectivity index (χ1v) is 12.1. The van der Waals surface area contributed by atoms with Crippen LogP contribution < -0.4 is 0 Å². The van der Waals surface area contributed by atoms with Gasteiger partial charge in [0, 0.05) is 37.3 Å². The smallest absolute Gasteiger partial charge is 0.273 e. The number of carbonyl (C=O) groups is 3. The number of aromatic amines is 2. The van der Waals surface area contributed by atoms with Gasteiger partial charge in [-0.15, -0.1) is 0 Å². The third-order valence-electron chi connectivity index (χ3n) is 5.21. The number of H-pyrrole nitrogens is 2. The molecule has 10 nitrogen and oxygen atoms in total. The van der Waals surface area contributed by atoms with Gasteiger partial charge in [-0.05, 0) is 15.9 Å². The van der Waals surface area contributed by atoms with Crippen molar-refractivity contribution in [2.24, 2.45) is 10.8 Å². The number of ketones is 2. The summed E-state index contributed by atoms with van der Waals surface area (Å²) in [6.07, 6.45) is 6.28. The summed E-state index contributed by atoms with van der Waals surface area (Å²) in [6, 6.07) is 0. The molecule has 0 saturated heterocycles. The van der Waals surface area contributed by atoms with Gasteiger partial charge in [0.25, 0.3) is 5.91 Å². The first-order chi connectivity index (χ1) is 16.6. The second-order valence-electron chi connectivity index (χ2n) is 10.6. The lowest BCUT2D eigenvalue weighted by molar-refractivity contribution is 0.0819. The highest BCUT2D eigenvalue weighted by molar-refractivity contribution is 9.10. The molecule has 1 amide bonds. The van der Waals surface area contributed by atoms with Crippen LogP contribution in [0.5, 0.6) is 0 Å². The van der Waals surface area contributed by atoms with Gasteiger partial charge in [0.15, 0.2) is 22.9 Å². The number of carbonyl (C=O) groups excluding carboxylic acids is 3. The molecule has 0 atom stereocenters. The zero-order chi connectivity index (χ0) is 27.0. The van der Waals surface area contributed by atoms with Crippen molar-refractivity contribution in [2.75, 3.05) is 14.1 Å². The first-order valence-electron chi connectivity index (χ1n) is 11.3. The molecule has 0 unspecified atom stereocenters. The molecule has 0 fully saturated rings. The van der Waals surface area contributed by atoms with Crippen LogP contribution in [0.25, 0.3) is 22.3 Å². The number of Topliss-reactive ketones (excluding diaryl/α,β-unsaturated/α-hetero) is 2. The van der Waals surface area contributed by atoms with Crippen LogP contribution in [-0.4, -0.2) is 66.4 Å². The maximum atomic E-state index is 12.4. The van der Waals surface area contributed by atoms with E-state index in [1.54, 1.807) is 32.7 Å². The number of halogens is 1. The lowest BCUT2D eigenvalue weighted by Crippen LogP contribution is -2.23. The van der Waals surface area contributed by atoms with E-state index < -0.39 is 10.8 Å². The van der Waals surface area contributed by atoms with Gasteiger partial charge in [-0.25, -0.2) is 19.9 Å². The monoisotopic (exact) mass is 555 g/mol. The van der Waals surface area contributed by atoms with Crippen molar-refractivity contribution in [1.82, 2.24) is 34.8 Å². The molecule has 190 valence electrons. The minimum Gasteiger partial charge on any atom is -0.344 e. The lowest BCUT2D eigenvalue weighted by atomic mass is 9.87. The molecule has 4 rings (SSSR count). The first kappa shape index (κ1) is 27.1. The fourth-order valence-electron chi connectivity index (χ4n) is 3.25. The topological polar surface area (TPSA) is 138 Å². The summed E-state index contributed by atoms with van der Waals surface area (Å²) in [6.45, 7) is 11.2. The Morgan fingerprint density at radius 1 is 0.778 bits per heavy atom. The van der Waals surface area contributed by atoms with Gasteiger partial charge in [-0.3, -0.25) is 14.4 Å². The van der Waals surface area contributed by atoms with Gasteiger partial charge < -0.3 is 14.9 Å². The van der Waals surface area contributed by atoms with E-state index in [9.17, 15) is 14.4 Å². The standard InChI is InChI=1S/C14H18N4O2.C11H12BrN3O/c1-14(2,3)11(19)8-6-15-12-10(8)17-9(7-16-12)13(20)18(4)5;1-11(2,3)9(16)6-4-13-10-8(6)15-7(12)5-14-10/h6-7H,1-5H3,(H,15,16);4-5H,1-3H3,(H,13,14). The highest BCUT2D eigenvalue weighted by Crippen LogP contribution is 2.26. The Morgan fingerprint density at radius 2 is 1.22 bits per heavy atom. The predicted octanol–water partition coefficient (Wildman–Crippen LogP) is 4.84. The number of nitrogens with zero attached hydrogens (tertiary/aromatic N) is 5. The van der Waals surface area contributed by atoms with Gasteiger partial charge in [0.1, 0.15) is 21.3 Å². The van der Waals surface area contributed by atoms with Crippen LogP contribution in [0.15, 0.2) is 29.4 Å².